The fraction of sp³-hybridized carbons (Fsp3) is 0.333. The number of aldehydes is 1. The summed E-state index contributed by atoms with van der Waals surface area (Å²) in [7, 11) is 0. The molecule has 0 radical (unpaired) electrons. The Bertz CT molecular complexity index is 380. The average Bonchev–Trinajstić information content (AvgIpc) is 2.17. The number of benzene rings is 1. The normalized spacial score (nSPS) is 11.1. The van der Waals surface area contributed by atoms with Crippen molar-refractivity contribution in [2.75, 3.05) is 0 Å². The second-order valence-corrected chi connectivity index (χ2v) is 4.23. The van der Waals surface area contributed by atoms with Crippen LogP contribution in [0.15, 0.2) is 24.3 Å². The molecule has 0 fully saturated rings. The Morgan fingerprint density at radius 1 is 1.47 bits per heavy atom. The highest BCUT2D eigenvalue weighted by Crippen LogP contribution is 2.22. The van der Waals surface area contributed by atoms with Gasteiger partial charge >= 0.3 is 5.97 Å². The highest BCUT2D eigenvalue weighted by molar-refractivity contribution is 5.76. The Balaban J connectivity index is 2.89. The molecule has 0 saturated carbocycles. The molecule has 0 bridgehead atoms. The van der Waals surface area contributed by atoms with E-state index in [1.54, 1.807) is 32.0 Å². The van der Waals surface area contributed by atoms with Crippen LogP contribution in [0.25, 0.3) is 0 Å². The van der Waals surface area contributed by atoms with Gasteiger partial charge in [-0.05, 0) is 31.9 Å². The first-order valence-corrected chi connectivity index (χ1v) is 4.73. The van der Waals surface area contributed by atoms with E-state index in [0.29, 0.717) is 12.0 Å². The summed E-state index contributed by atoms with van der Waals surface area (Å²) >= 11 is 0. The molecule has 15 heavy (non-hydrogen) atoms. The van der Waals surface area contributed by atoms with Gasteiger partial charge in [0, 0.05) is 5.56 Å². The molecule has 1 rings (SSSR count). The molecule has 1 aromatic rings. The Morgan fingerprint density at radius 2 is 2.13 bits per heavy atom. The zero-order chi connectivity index (χ0) is 11.5. The molecule has 0 aromatic heterocycles. The van der Waals surface area contributed by atoms with Gasteiger partial charge in [0.2, 0.25) is 0 Å². The van der Waals surface area contributed by atoms with Gasteiger partial charge in [-0.1, -0.05) is 18.2 Å². The predicted octanol–water partition coefficient (Wildman–Crippen LogP) is 2.15. The number of carbonyl (C=O) groups is 2. The number of carboxylic acid groups (broad SMARTS) is 1. The summed E-state index contributed by atoms with van der Waals surface area (Å²) in [5, 5.41) is 8.96. The van der Waals surface area contributed by atoms with Crippen LogP contribution in [-0.2, 0) is 11.2 Å². The van der Waals surface area contributed by atoms with Crippen LogP contribution in [-0.4, -0.2) is 17.4 Å². The maximum Gasteiger partial charge on any atom is 0.309 e. The van der Waals surface area contributed by atoms with Gasteiger partial charge in [0.05, 0.1) is 5.41 Å². The molecule has 0 unspecified atom stereocenters. The topological polar surface area (TPSA) is 54.4 Å². The van der Waals surface area contributed by atoms with E-state index in [2.05, 4.69) is 0 Å². The van der Waals surface area contributed by atoms with Crippen molar-refractivity contribution in [2.24, 2.45) is 5.41 Å². The highest BCUT2D eigenvalue weighted by atomic mass is 16.4. The summed E-state index contributed by atoms with van der Waals surface area (Å²) in [5.41, 5.74) is 0.641. The highest BCUT2D eigenvalue weighted by Gasteiger charge is 2.27. The van der Waals surface area contributed by atoms with Crippen LogP contribution in [0.2, 0.25) is 0 Å². The number of carbonyl (C=O) groups excluding carboxylic acids is 1. The van der Waals surface area contributed by atoms with Crippen molar-refractivity contribution in [3.8, 4) is 0 Å². The minimum atomic E-state index is -0.834. The maximum atomic E-state index is 10.9. The molecule has 0 aliphatic rings. The maximum absolute atomic E-state index is 10.9. The number of rotatable bonds is 4. The van der Waals surface area contributed by atoms with Crippen LogP contribution in [0.1, 0.15) is 29.8 Å². The summed E-state index contributed by atoms with van der Waals surface area (Å²) in [6.07, 6.45) is 1.18. The summed E-state index contributed by atoms with van der Waals surface area (Å²) in [4.78, 5) is 21.5. The number of aliphatic carboxylic acids is 1. The first kappa shape index (κ1) is 11.4. The number of hydrogen-bond donors (Lipinski definition) is 1. The van der Waals surface area contributed by atoms with E-state index in [0.717, 1.165) is 11.8 Å². The Hall–Kier alpha value is -1.64. The lowest BCUT2D eigenvalue weighted by Crippen LogP contribution is -2.26. The first-order chi connectivity index (χ1) is 6.95. The SMILES string of the molecule is CC(C)(Cc1cccc(C=O)c1)C(=O)O. The summed E-state index contributed by atoms with van der Waals surface area (Å²) in [5.74, 6) is -0.834. The number of carboxylic acids is 1. The minimum absolute atomic E-state index is 0.421. The minimum Gasteiger partial charge on any atom is -0.481 e. The van der Waals surface area contributed by atoms with Crippen LogP contribution >= 0.6 is 0 Å². The quantitative estimate of drug-likeness (QED) is 0.768. The Morgan fingerprint density at radius 3 is 2.67 bits per heavy atom. The van der Waals surface area contributed by atoms with E-state index < -0.39 is 11.4 Å². The molecule has 3 heteroatoms. The lowest BCUT2D eigenvalue weighted by Gasteiger charge is -2.18. The summed E-state index contributed by atoms with van der Waals surface area (Å²) < 4.78 is 0. The Kier molecular flexibility index (Phi) is 3.24. The molecule has 0 saturated heterocycles. The fourth-order valence-electron chi connectivity index (χ4n) is 1.36. The zero-order valence-corrected chi connectivity index (χ0v) is 8.86. The molecule has 80 valence electrons. The van der Waals surface area contributed by atoms with Crippen molar-refractivity contribution in [1.82, 2.24) is 0 Å². The molecule has 1 N–H and O–H groups in total. The van der Waals surface area contributed by atoms with Gasteiger partial charge < -0.3 is 5.11 Å². The van der Waals surface area contributed by atoms with Crippen molar-refractivity contribution >= 4 is 12.3 Å². The Labute approximate surface area is 88.7 Å². The zero-order valence-electron chi connectivity index (χ0n) is 8.86. The molecule has 3 nitrogen and oxygen atoms in total. The van der Waals surface area contributed by atoms with E-state index in [4.69, 9.17) is 5.11 Å². The van der Waals surface area contributed by atoms with Gasteiger partial charge in [-0.3, -0.25) is 9.59 Å². The second-order valence-electron chi connectivity index (χ2n) is 4.23. The van der Waals surface area contributed by atoms with E-state index >= 15 is 0 Å². The first-order valence-electron chi connectivity index (χ1n) is 4.73. The van der Waals surface area contributed by atoms with Crippen LogP contribution in [0.3, 0.4) is 0 Å². The van der Waals surface area contributed by atoms with Gasteiger partial charge in [-0.15, -0.1) is 0 Å². The van der Waals surface area contributed by atoms with Crippen molar-refractivity contribution in [1.29, 1.82) is 0 Å². The van der Waals surface area contributed by atoms with Crippen molar-refractivity contribution in [2.45, 2.75) is 20.3 Å². The fourth-order valence-corrected chi connectivity index (χ4v) is 1.36. The summed E-state index contributed by atoms with van der Waals surface area (Å²) in [6.45, 7) is 3.34. The van der Waals surface area contributed by atoms with E-state index in [-0.39, 0.29) is 0 Å². The monoisotopic (exact) mass is 206 g/mol. The van der Waals surface area contributed by atoms with Gasteiger partial charge in [-0.25, -0.2) is 0 Å². The smallest absolute Gasteiger partial charge is 0.309 e. The summed E-state index contributed by atoms with van der Waals surface area (Å²) in [6, 6.07) is 7.01. The predicted molar refractivity (Wildman–Crippen MR) is 57.0 cm³/mol. The largest absolute Gasteiger partial charge is 0.481 e. The van der Waals surface area contributed by atoms with Crippen LogP contribution in [0.5, 0.6) is 0 Å². The molecular weight excluding hydrogens is 192 g/mol. The van der Waals surface area contributed by atoms with Crippen LogP contribution < -0.4 is 0 Å². The third-order valence-electron chi connectivity index (χ3n) is 2.31. The average molecular weight is 206 g/mol. The second kappa shape index (κ2) is 4.26. The molecular formula is C12H14O3. The third kappa shape index (κ3) is 2.91. The standard InChI is InChI=1S/C12H14O3/c1-12(2,11(14)15)7-9-4-3-5-10(6-9)8-13/h3-6,8H,7H2,1-2H3,(H,14,15). The molecule has 0 aliphatic heterocycles. The molecule has 0 spiro atoms. The lowest BCUT2D eigenvalue weighted by atomic mass is 9.85. The van der Waals surface area contributed by atoms with E-state index in [1.165, 1.54) is 0 Å². The van der Waals surface area contributed by atoms with Gasteiger partial charge in [0.25, 0.3) is 0 Å². The number of hydrogen-bond acceptors (Lipinski definition) is 2. The van der Waals surface area contributed by atoms with E-state index in [1.807, 2.05) is 6.07 Å². The van der Waals surface area contributed by atoms with Crippen molar-refractivity contribution in [3.63, 3.8) is 0 Å². The van der Waals surface area contributed by atoms with E-state index in [9.17, 15) is 9.59 Å². The van der Waals surface area contributed by atoms with Crippen molar-refractivity contribution in [3.05, 3.63) is 35.4 Å². The molecule has 1 aromatic carbocycles. The molecule has 0 amide bonds. The van der Waals surface area contributed by atoms with Gasteiger partial charge in [0.1, 0.15) is 6.29 Å². The lowest BCUT2D eigenvalue weighted by molar-refractivity contribution is -0.146. The molecule has 0 heterocycles. The third-order valence-corrected chi connectivity index (χ3v) is 2.31. The van der Waals surface area contributed by atoms with Crippen molar-refractivity contribution < 1.29 is 14.7 Å². The molecule has 0 atom stereocenters. The van der Waals surface area contributed by atoms with Gasteiger partial charge in [0.15, 0.2) is 0 Å². The van der Waals surface area contributed by atoms with Gasteiger partial charge in [-0.2, -0.15) is 0 Å². The van der Waals surface area contributed by atoms with Crippen LogP contribution in [0.4, 0.5) is 0 Å². The van der Waals surface area contributed by atoms with Crippen LogP contribution in [0, 0.1) is 5.41 Å². The molecule has 0 aliphatic carbocycles.